The number of carbonyl (C=O) groups excluding carboxylic acids is 1. The summed E-state index contributed by atoms with van der Waals surface area (Å²) in [5, 5.41) is 7.32. The first kappa shape index (κ1) is 16.8. The fourth-order valence-corrected chi connectivity index (χ4v) is 2.59. The predicted molar refractivity (Wildman–Crippen MR) is 91.9 cm³/mol. The number of pyridine rings is 1. The minimum atomic E-state index is -0.664. The highest BCUT2D eigenvalue weighted by Gasteiger charge is 2.25. The summed E-state index contributed by atoms with van der Waals surface area (Å²) < 4.78 is 5.06. The Balaban J connectivity index is 1.80. The van der Waals surface area contributed by atoms with E-state index in [4.69, 9.17) is 21.9 Å². The van der Waals surface area contributed by atoms with Crippen molar-refractivity contribution in [2.45, 2.75) is 19.4 Å². The van der Waals surface area contributed by atoms with Crippen LogP contribution < -0.4 is 11.1 Å². The monoisotopic (exact) mass is 358 g/mol. The van der Waals surface area contributed by atoms with Crippen LogP contribution in [0.4, 0.5) is 5.95 Å². The highest BCUT2D eigenvalue weighted by Crippen LogP contribution is 2.28. The Morgan fingerprint density at radius 2 is 2.00 bits per heavy atom. The fraction of sp³-hybridized carbons (Fsp3) is 0.188. The van der Waals surface area contributed by atoms with Gasteiger partial charge in [-0.1, -0.05) is 16.8 Å². The van der Waals surface area contributed by atoms with E-state index in [0.717, 1.165) is 0 Å². The van der Waals surface area contributed by atoms with Crippen LogP contribution in [0.5, 0.6) is 0 Å². The number of rotatable bonds is 5. The number of aromatic nitrogens is 4. The zero-order valence-electron chi connectivity index (χ0n) is 13.5. The van der Waals surface area contributed by atoms with E-state index in [2.05, 4.69) is 25.4 Å². The number of anilines is 1. The molecular weight excluding hydrogens is 344 g/mol. The summed E-state index contributed by atoms with van der Waals surface area (Å²) in [6.07, 6.45) is 4.78. The Kier molecular flexibility index (Phi) is 4.37. The molecular formula is C16H15ClN6O2. The lowest BCUT2D eigenvalue weighted by Gasteiger charge is -2.26. The summed E-state index contributed by atoms with van der Waals surface area (Å²) in [5.74, 6) is 0.0840. The summed E-state index contributed by atoms with van der Waals surface area (Å²) >= 11 is 6.21. The van der Waals surface area contributed by atoms with Crippen molar-refractivity contribution in [3.8, 4) is 11.3 Å². The number of primary amides is 1. The van der Waals surface area contributed by atoms with Gasteiger partial charge in [-0.05, 0) is 26.0 Å². The number of hydrogen-bond donors (Lipinski definition) is 2. The number of amides is 1. The van der Waals surface area contributed by atoms with E-state index < -0.39 is 11.4 Å². The first-order valence-electron chi connectivity index (χ1n) is 7.35. The maximum Gasteiger partial charge on any atom is 0.270 e. The van der Waals surface area contributed by atoms with Gasteiger partial charge in [-0.3, -0.25) is 9.78 Å². The van der Waals surface area contributed by atoms with Crippen molar-refractivity contribution in [2.75, 3.05) is 5.32 Å². The van der Waals surface area contributed by atoms with Crippen LogP contribution in [0.1, 0.15) is 30.0 Å². The molecule has 25 heavy (non-hydrogen) atoms. The molecule has 0 unspecified atom stereocenters. The van der Waals surface area contributed by atoms with Gasteiger partial charge in [-0.15, -0.1) is 0 Å². The van der Waals surface area contributed by atoms with Crippen molar-refractivity contribution in [1.82, 2.24) is 20.1 Å². The molecule has 0 aromatic carbocycles. The molecule has 3 N–H and O–H groups in total. The van der Waals surface area contributed by atoms with Crippen molar-refractivity contribution >= 4 is 23.5 Å². The molecule has 128 valence electrons. The number of carbonyl (C=O) groups is 1. The van der Waals surface area contributed by atoms with Gasteiger partial charge in [0.2, 0.25) is 5.95 Å². The van der Waals surface area contributed by atoms with E-state index in [1.165, 1.54) is 6.07 Å². The van der Waals surface area contributed by atoms with Crippen LogP contribution in [-0.4, -0.2) is 26.0 Å². The van der Waals surface area contributed by atoms with Gasteiger partial charge in [-0.25, -0.2) is 9.97 Å². The van der Waals surface area contributed by atoms with Crippen LogP contribution in [0.3, 0.4) is 0 Å². The Bertz CT molecular complexity index is 907. The molecule has 3 rings (SSSR count). The van der Waals surface area contributed by atoms with E-state index in [-0.39, 0.29) is 5.69 Å². The Hall–Kier alpha value is -3.00. The molecule has 0 radical (unpaired) electrons. The lowest BCUT2D eigenvalue weighted by atomic mass is 10.00. The number of hydrogen-bond acceptors (Lipinski definition) is 7. The molecule has 3 aromatic rings. The van der Waals surface area contributed by atoms with Gasteiger partial charge in [-0.2, -0.15) is 0 Å². The number of nitrogens with one attached hydrogen (secondary N) is 1. The van der Waals surface area contributed by atoms with Gasteiger partial charge < -0.3 is 15.6 Å². The molecule has 0 fully saturated rings. The van der Waals surface area contributed by atoms with Crippen LogP contribution >= 0.6 is 11.6 Å². The van der Waals surface area contributed by atoms with Crippen LogP contribution in [0.15, 0.2) is 41.3 Å². The minimum absolute atomic E-state index is 0.0446. The third-order valence-corrected chi connectivity index (χ3v) is 3.78. The second kappa shape index (κ2) is 6.48. The van der Waals surface area contributed by atoms with E-state index >= 15 is 0 Å². The van der Waals surface area contributed by atoms with Crippen LogP contribution in [0.2, 0.25) is 5.02 Å². The Morgan fingerprint density at radius 3 is 2.60 bits per heavy atom. The summed E-state index contributed by atoms with van der Waals surface area (Å²) in [7, 11) is 0. The first-order valence-corrected chi connectivity index (χ1v) is 7.73. The van der Waals surface area contributed by atoms with E-state index in [1.807, 2.05) is 13.8 Å². The van der Waals surface area contributed by atoms with Crippen molar-refractivity contribution in [3.05, 3.63) is 53.2 Å². The molecule has 1 amide bonds. The van der Waals surface area contributed by atoms with Crippen molar-refractivity contribution in [3.63, 3.8) is 0 Å². The molecule has 0 aliphatic carbocycles. The summed E-state index contributed by atoms with van der Waals surface area (Å²) in [5.41, 5.74) is 5.87. The third-order valence-electron chi connectivity index (χ3n) is 3.47. The molecule has 0 aliphatic heterocycles. The van der Waals surface area contributed by atoms with Crippen molar-refractivity contribution < 1.29 is 9.32 Å². The summed E-state index contributed by atoms with van der Waals surface area (Å²) in [6.45, 7) is 3.85. The molecule has 9 heteroatoms. The van der Waals surface area contributed by atoms with Gasteiger partial charge in [0, 0.05) is 24.7 Å². The fourth-order valence-electron chi connectivity index (χ4n) is 2.23. The van der Waals surface area contributed by atoms with E-state index in [9.17, 15) is 4.79 Å². The topological polar surface area (TPSA) is 120 Å². The Morgan fingerprint density at radius 1 is 1.28 bits per heavy atom. The average molecular weight is 359 g/mol. The van der Waals surface area contributed by atoms with Crippen molar-refractivity contribution in [1.29, 1.82) is 0 Å². The summed E-state index contributed by atoms with van der Waals surface area (Å²) in [4.78, 5) is 23.9. The second-order valence-corrected chi connectivity index (χ2v) is 6.23. The maximum absolute atomic E-state index is 11.1. The highest BCUT2D eigenvalue weighted by molar-refractivity contribution is 6.31. The summed E-state index contributed by atoms with van der Waals surface area (Å²) in [6, 6.07) is 4.98. The SMILES string of the molecule is CC(C)(Nc1ncc(-c2cc(C(N)=O)no2)cn1)c1ncccc1Cl. The molecule has 3 heterocycles. The maximum atomic E-state index is 11.1. The number of nitrogens with zero attached hydrogens (tertiary/aromatic N) is 4. The molecule has 0 saturated heterocycles. The molecule has 0 bridgehead atoms. The molecule has 3 aromatic heterocycles. The number of nitrogens with two attached hydrogens (primary N) is 1. The smallest absolute Gasteiger partial charge is 0.270 e. The van der Waals surface area contributed by atoms with E-state index in [0.29, 0.717) is 28.0 Å². The second-order valence-electron chi connectivity index (χ2n) is 5.82. The normalized spacial score (nSPS) is 11.3. The molecule has 0 aliphatic rings. The van der Waals surface area contributed by atoms with Gasteiger partial charge in [0.05, 0.1) is 21.8 Å². The first-order chi connectivity index (χ1) is 11.9. The third kappa shape index (κ3) is 3.58. The zero-order chi connectivity index (χ0) is 18.0. The van der Waals surface area contributed by atoms with Gasteiger partial charge >= 0.3 is 0 Å². The quantitative estimate of drug-likeness (QED) is 0.719. The standard InChI is InChI=1S/C16H15ClN6O2/c1-16(2,13-10(17)4-3-5-19-13)22-15-20-7-9(8-21-15)12-6-11(14(18)24)23-25-12/h3-8H,1-2H3,(H2,18,24)(H,20,21,22). The average Bonchev–Trinajstić information content (AvgIpc) is 3.06. The van der Waals surface area contributed by atoms with Gasteiger partial charge in [0.15, 0.2) is 11.5 Å². The van der Waals surface area contributed by atoms with Gasteiger partial charge in [0.1, 0.15) is 0 Å². The van der Waals surface area contributed by atoms with Gasteiger partial charge in [0.25, 0.3) is 5.91 Å². The predicted octanol–water partition coefficient (Wildman–Crippen LogP) is 2.63. The molecule has 8 nitrogen and oxygen atoms in total. The zero-order valence-corrected chi connectivity index (χ0v) is 14.3. The lowest BCUT2D eigenvalue weighted by Crippen LogP contribution is -2.30. The van der Waals surface area contributed by atoms with Crippen LogP contribution in [-0.2, 0) is 5.54 Å². The van der Waals surface area contributed by atoms with Crippen LogP contribution in [0, 0.1) is 0 Å². The molecule has 0 atom stereocenters. The Labute approximate surface area is 148 Å². The number of halogens is 1. The van der Waals surface area contributed by atoms with Crippen molar-refractivity contribution in [2.24, 2.45) is 5.73 Å². The minimum Gasteiger partial charge on any atom is -0.364 e. The van der Waals surface area contributed by atoms with E-state index in [1.54, 1.807) is 30.7 Å². The lowest BCUT2D eigenvalue weighted by molar-refractivity contribution is 0.0992. The molecule has 0 saturated carbocycles. The van der Waals surface area contributed by atoms with Crippen LogP contribution in [0.25, 0.3) is 11.3 Å². The largest absolute Gasteiger partial charge is 0.364 e. The molecule has 0 spiro atoms. The highest BCUT2D eigenvalue weighted by atomic mass is 35.5.